The molecule has 1 fully saturated rings. The number of fused-ring (bicyclic) bond motifs is 2. The maximum absolute atomic E-state index is 15.0. The fourth-order valence-electron chi connectivity index (χ4n) is 4.65. The average molecular weight is 449 g/mol. The molecule has 1 saturated heterocycles. The van der Waals surface area contributed by atoms with E-state index < -0.39 is 5.82 Å². The van der Waals surface area contributed by atoms with Crippen molar-refractivity contribution in [1.82, 2.24) is 24.9 Å². The topological polar surface area (TPSA) is 106 Å². The SMILES string of the molecule is COc1c(Nc2n[nH]c3cc(N4C[C@H](C)N[C@@H](C)C4)cc(C#N)c23)cn2cc(C)nc2c1F. The minimum Gasteiger partial charge on any atom is -0.491 e. The second-order valence-electron chi connectivity index (χ2n) is 8.60. The molecule has 0 bridgehead atoms. The van der Waals surface area contributed by atoms with E-state index in [4.69, 9.17) is 4.74 Å². The van der Waals surface area contributed by atoms with Crippen LogP contribution in [0.25, 0.3) is 16.6 Å². The van der Waals surface area contributed by atoms with E-state index >= 15 is 4.39 Å². The van der Waals surface area contributed by atoms with Gasteiger partial charge in [-0.2, -0.15) is 14.8 Å². The average Bonchev–Trinajstić information content (AvgIpc) is 3.35. The first-order chi connectivity index (χ1) is 15.9. The number of aryl methyl sites for hydroxylation is 1. The fourth-order valence-corrected chi connectivity index (χ4v) is 4.65. The zero-order valence-corrected chi connectivity index (χ0v) is 18.9. The van der Waals surface area contributed by atoms with Crippen molar-refractivity contribution in [3.8, 4) is 11.8 Å². The molecular weight excluding hydrogens is 423 g/mol. The summed E-state index contributed by atoms with van der Waals surface area (Å²) in [4.78, 5) is 6.48. The van der Waals surface area contributed by atoms with E-state index in [1.54, 1.807) is 23.7 Å². The lowest BCUT2D eigenvalue weighted by Gasteiger charge is -2.37. The molecule has 1 aliphatic heterocycles. The number of halogens is 1. The molecule has 3 N–H and O–H groups in total. The molecule has 1 aliphatic rings. The number of nitriles is 1. The second kappa shape index (κ2) is 7.94. The maximum Gasteiger partial charge on any atom is 0.210 e. The zero-order chi connectivity index (χ0) is 23.3. The number of benzene rings is 1. The van der Waals surface area contributed by atoms with Crippen LogP contribution in [-0.4, -0.2) is 51.9 Å². The molecule has 170 valence electrons. The summed E-state index contributed by atoms with van der Waals surface area (Å²) >= 11 is 0. The molecule has 2 atom stereocenters. The van der Waals surface area contributed by atoms with E-state index in [0.717, 1.165) is 24.3 Å². The number of imidazole rings is 1. The van der Waals surface area contributed by atoms with Crippen molar-refractivity contribution in [2.45, 2.75) is 32.9 Å². The quantitative estimate of drug-likeness (QED) is 0.439. The van der Waals surface area contributed by atoms with Crippen LogP contribution >= 0.6 is 0 Å². The number of aromatic amines is 1. The van der Waals surface area contributed by atoms with E-state index in [1.165, 1.54) is 7.11 Å². The van der Waals surface area contributed by atoms with Crippen molar-refractivity contribution in [1.29, 1.82) is 5.26 Å². The van der Waals surface area contributed by atoms with Crippen molar-refractivity contribution in [2.24, 2.45) is 0 Å². The van der Waals surface area contributed by atoms with Crippen LogP contribution in [0.1, 0.15) is 25.1 Å². The number of methoxy groups -OCH3 is 1. The van der Waals surface area contributed by atoms with Gasteiger partial charge in [0.15, 0.2) is 17.2 Å². The van der Waals surface area contributed by atoms with Crippen molar-refractivity contribution in [3.05, 3.63) is 41.6 Å². The van der Waals surface area contributed by atoms with Crippen molar-refractivity contribution in [3.63, 3.8) is 0 Å². The minimum atomic E-state index is -0.569. The van der Waals surface area contributed by atoms with Crippen LogP contribution in [0.2, 0.25) is 0 Å². The second-order valence-corrected chi connectivity index (χ2v) is 8.60. The van der Waals surface area contributed by atoms with Crippen molar-refractivity contribution < 1.29 is 9.13 Å². The summed E-state index contributed by atoms with van der Waals surface area (Å²) in [6, 6.07) is 6.87. The number of hydrogen-bond acceptors (Lipinski definition) is 7. The van der Waals surface area contributed by atoms with Gasteiger partial charge in [0.05, 0.1) is 29.3 Å². The molecule has 0 unspecified atom stereocenters. The Morgan fingerprint density at radius 3 is 2.70 bits per heavy atom. The summed E-state index contributed by atoms with van der Waals surface area (Å²) in [5.41, 5.74) is 3.43. The fraction of sp³-hybridized carbons (Fsp3) is 0.348. The van der Waals surface area contributed by atoms with Crippen LogP contribution in [0.5, 0.6) is 5.75 Å². The normalized spacial score (nSPS) is 18.6. The standard InChI is InChI=1S/C23H25FN8O/c1-12-8-31(9-13(2)26-12)16-5-15(7-25)19-17(6-16)29-30-22(19)28-18-11-32-10-14(3)27-23(32)20(24)21(18)33-4/h5-6,10-13,26H,8-9H2,1-4H3,(H2,28,29,30)/t12-,13-/m0/s1. The largest absolute Gasteiger partial charge is 0.491 e. The highest BCUT2D eigenvalue weighted by molar-refractivity contribution is 5.98. The van der Waals surface area contributed by atoms with Gasteiger partial charge in [-0.25, -0.2) is 4.98 Å². The summed E-state index contributed by atoms with van der Waals surface area (Å²) in [5, 5.41) is 24.6. The first-order valence-corrected chi connectivity index (χ1v) is 10.8. The summed E-state index contributed by atoms with van der Waals surface area (Å²) in [5.74, 6) is -0.118. The van der Waals surface area contributed by atoms with E-state index in [1.807, 2.05) is 12.1 Å². The van der Waals surface area contributed by atoms with Crippen LogP contribution in [0.4, 0.5) is 21.6 Å². The van der Waals surface area contributed by atoms with Gasteiger partial charge >= 0.3 is 0 Å². The minimum absolute atomic E-state index is 0.0307. The third-order valence-corrected chi connectivity index (χ3v) is 5.91. The van der Waals surface area contributed by atoms with Gasteiger partial charge in [-0.05, 0) is 32.9 Å². The lowest BCUT2D eigenvalue weighted by Crippen LogP contribution is -2.54. The van der Waals surface area contributed by atoms with Gasteiger partial charge in [0.1, 0.15) is 11.8 Å². The number of hydrogen-bond donors (Lipinski definition) is 3. The number of nitrogens with one attached hydrogen (secondary N) is 3. The Morgan fingerprint density at radius 1 is 1.24 bits per heavy atom. The van der Waals surface area contributed by atoms with Crippen LogP contribution < -0.4 is 20.3 Å². The molecule has 3 aromatic heterocycles. The molecule has 1 aromatic carbocycles. The van der Waals surface area contributed by atoms with Gasteiger partial charge in [0.2, 0.25) is 5.82 Å². The Labute approximate surface area is 190 Å². The number of H-pyrrole nitrogens is 1. The molecule has 9 nitrogen and oxygen atoms in total. The smallest absolute Gasteiger partial charge is 0.210 e. The summed E-state index contributed by atoms with van der Waals surface area (Å²) < 4.78 is 21.9. The highest BCUT2D eigenvalue weighted by atomic mass is 19.1. The van der Waals surface area contributed by atoms with E-state index in [2.05, 4.69) is 50.6 Å². The molecule has 0 saturated carbocycles. The Bertz CT molecular complexity index is 1390. The van der Waals surface area contributed by atoms with E-state index in [0.29, 0.717) is 40.2 Å². The van der Waals surface area contributed by atoms with Gasteiger partial charge in [-0.3, -0.25) is 5.10 Å². The number of rotatable bonds is 4. The Kier molecular flexibility index (Phi) is 5.06. The highest BCUT2D eigenvalue weighted by Gasteiger charge is 2.24. The van der Waals surface area contributed by atoms with Crippen LogP contribution in [0.3, 0.4) is 0 Å². The lowest BCUT2D eigenvalue weighted by molar-refractivity contribution is 0.389. The molecule has 0 amide bonds. The first kappa shape index (κ1) is 21.0. The van der Waals surface area contributed by atoms with Gasteiger partial charge in [0.25, 0.3) is 0 Å². The number of nitrogens with zero attached hydrogens (tertiary/aromatic N) is 5. The van der Waals surface area contributed by atoms with Gasteiger partial charge < -0.3 is 24.7 Å². The Morgan fingerprint density at radius 2 is 2.00 bits per heavy atom. The van der Waals surface area contributed by atoms with Crippen LogP contribution in [0.15, 0.2) is 24.5 Å². The number of aromatic nitrogens is 4. The summed E-state index contributed by atoms with van der Waals surface area (Å²) in [6.45, 7) is 7.79. The van der Waals surface area contributed by atoms with Crippen molar-refractivity contribution >= 4 is 33.7 Å². The Hall–Kier alpha value is -3.84. The zero-order valence-electron chi connectivity index (χ0n) is 18.9. The first-order valence-electron chi connectivity index (χ1n) is 10.8. The molecule has 0 radical (unpaired) electrons. The summed E-state index contributed by atoms with van der Waals surface area (Å²) in [7, 11) is 1.40. The number of pyridine rings is 1. The molecular formula is C23H25FN8O. The monoisotopic (exact) mass is 448 g/mol. The molecule has 0 aliphatic carbocycles. The summed E-state index contributed by atoms with van der Waals surface area (Å²) in [6.07, 6.45) is 3.43. The van der Waals surface area contributed by atoms with Gasteiger partial charge in [0, 0.05) is 43.3 Å². The highest BCUT2D eigenvalue weighted by Crippen LogP contribution is 2.36. The van der Waals surface area contributed by atoms with Crippen LogP contribution in [0, 0.1) is 24.1 Å². The molecule has 5 rings (SSSR count). The number of anilines is 3. The molecule has 10 heteroatoms. The Balaban J connectivity index is 1.57. The predicted octanol–water partition coefficient (Wildman–Crippen LogP) is 3.47. The van der Waals surface area contributed by atoms with Gasteiger partial charge in [-0.1, -0.05) is 0 Å². The maximum atomic E-state index is 15.0. The molecule has 0 spiro atoms. The van der Waals surface area contributed by atoms with E-state index in [9.17, 15) is 5.26 Å². The van der Waals surface area contributed by atoms with Gasteiger partial charge in [-0.15, -0.1) is 0 Å². The molecule has 33 heavy (non-hydrogen) atoms. The van der Waals surface area contributed by atoms with Crippen molar-refractivity contribution in [2.75, 3.05) is 30.4 Å². The predicted molar refractivity (Wildman–Crippen MR) is 125 cm³/mol. The lowest BCUT2D eigenvalue weighted by atomic mass is 10.1. The number of piperazine rings is 1. The van der Waals surface area contributed by atoms with E-state index in [-0.39, 0.29) is 11.4 Å². The van der Waals surface area contributed by atoms with Crippen LogP contribution in [-0.2, 0) is 0 Å². The molecule has 4 aromatic rings. The number of ether oxygens (including phenoxy) is 1. The third kappa shape index (κ3) is 3.60. The molecule has 4 heterocycles. The third-order valence-electron chi connectivity index (χ3n) is 5.91.